The number of hydrogen-bond acceptors (Lipinski definition) is 8. The molecule has 1 fully saturated rings. The molecule has 256 valence electrons. The summed E-state index contributed by atoms with van der Waals surface area (Å²) in [5.74, 6) is 0.737. The fourth-order valence-electron chi connectivity index (χ4n) is 6.15. The number of alkyl halides is 3. The van der Waals surface area contributed by atoms with Crippen LogP contribution in [0.2, 0.25) is 0 Å². The lowest BCUT2D eigenvalue weighted by Crippen LogP contribution is -2.51. The first kappa shape index (κ1) is 34.3. The fourth-order valence-corrected chi connectivity index (χ4v) is 6.15. The first-order valence-electron chi connectivity index (χ1n) is 16.2. The molecule has 3 aromatic rings. The molecule has 47 heavy (non-hydrogen) atoms. The molecule has 1 aromatic carbocycles. The number of aliphatic hydroxyl groups is 1. The minimum absolute atomic E-state index is 0.0600. The number of aryl methyl sites for hydroxylation is 1. The molecule has 1 aliphatic heterocycles. The van der Waals surface area contributed by atoms with Crippen molar-refractivity contribution in [2.24, 2.45) is 0 Å². The second-order valence-corrected chi connectivity index (χ2v) is 13.2. The average molecular weight is 660 g/mol. The van der Waals surface area contributed by atoms with Crippen molar-refractivity contribution in [2.45, 2.75) is 97.7 Å². The molecule has 1 aliphatic carbocycles. The van der Waals surface area contributed by atoms with Crippen LogP contribution in [0.1, 0.15) is 82.4 Å². The minimum Gasteiger partial charge on any atom is -0.444 e. The molecule has 2 aliphatic rings. The largest absolute Gasteiger partial charge is 0.444 e. The molecule has 1 atom stereocenters. The van der Waals surface area contributed by atoms with Crippen molar-refractivity contribution in [1.82, 2.24) is 24.1 Å². The zero-order valence-electron chi connectivity index (χ0n) is 27.7. The predicted molar refractivity (Wildman–Crippen MR) is 174 cm³/mol. The van der Waals surface area contributed by atoms with Crippen LogP contribution in [0, 0.1) is 6.92 Å². The van der Waals surface area contributed by atoms with Gasteiger partial charge in [-0.3, -0.25) is 4.79 Å². The van der Waals surface area contributed by atoms with E-state index in [1.54, 1.807) is 16.4 Å². The van der Waals surface area contributed by atoms with Gasteiger partial charge in [-0.15, -0.1) is 5.10 Å². The molecule has 0 spiro atoms. The van der Waals surface area contributed by atoms with E-state index in [4.69, 9.17) is 9.72 Å². The molecule has 11 nitrogen and oxygen atoms in total. The van der Waals surface area contributed by atoms with Crippen molar-refractivity contribution < 1.29 is 27.8 Å². The van der Waals surface area contributed by atoms with Crippen molar-refractivity contribution in [2.75, 3.05) is 36.4 Å². The van der Waals surface area contributed by atoms with Crippen LogP contribution in [0.15, 0.2) is 29.1 Å². The average Bonchev–Trinajstić information content (AvgIpc) is 3.26. The van der Waals surface area contributed by atoms with E-state index in [-0.39, 0.29) is 17.9 Å². The summed E-state index contributed by atoms with van der Waals surface area (Å²) in [7, 11) is 0. The van der Waals surface area contributed by atoms with E-state index in [0.717, 1.165) is 49.8 Å². The number of aliphatic hydroxyl groups excluding tert-OH is 1. The summed E-state index contributed by atoms with van der Waals surface area (Å²) < 4.78 is 48.3. The number of halogens is 3. The van der Waals surface area contributed by atoms with Crippen LogP contribution in [0.3, 0.4) is 0 Å². The van der Waals surface area contributed by atoms with Gasteiger partial charge in [0.25, 0.3) is 5.56 Å². The van der Waals surface area contributed by atoms with Gasteiger partial charge in [0.15, 0.2) is 5.82 Å². The van der Waals surface area contributed by atoms with Gasteiger partial charge in [-0.05, 0) is 89.1 Å². The summed E-state index contributed by atoms with van der Waals surface area (Å²) in [5.41, 5.74) is 0.951. The Hall–Kier alpha value is -4.07. The standard InChI is InChI=1S/C33H44F3N7O4/c1-6-25-27(40-15-17-41(18-16-40)31(46)47-32(3,4)5)29(45)43-30(38-28(39-43)22-11-9-7-8-10-12-22)42(25)20-26(44)37-24-14-13-23(19-21(24)2)33(34,35)36/h11,13-14,19,26,37,44H,6-10,12,15-18,20H2,1-5H3. The van der Waals surface area contributed by atoms with Crippen molar-refractivity contribution in [3.05, 3.63) is 57.3 Å². The Morgan fingerprint density at radius 2 is 1.83 bits per heavy atom. The lowest BCUT2D eigenvalue weighted by atomic mass is 10.1. The lowest BCUT2D eigenvalue weighted by molar-refractivity contribution is -0.137. The monoisotopic (exact) mass is 659 g/mol. The summed E-state index contributed by atoms with van der Waals surface area (Å²) in [6.45, 7) is 10.3. The quantitative estimate of drug-likeness (QED) is 0.314. The molecule has 0 radical (unpaired) electrons. The molecule has 2 aromatic heterocycles. The first-order valence-corrected chi connectivity index (χ1v) is 16.2. The van der Waals surface area contributed by atoms with E-state index in [1.165, 1.54) is 10.6 Å². The van der Waals surface area contributed by atoms with E-state index in [9.17, 15) is 27.9 Å². The Bertz CT molecular complexity index is 1700. The van der Waals surface area contributed by atoms with Gasteiger partial charge in [0.05, 0.1) is 12.1 Å². The number of amides is 1. The van der Waals surface area contributed by atoms with E-state index in [1.807, 2.05) is 32.6 Å². The van der Waals surface area contributed by atoms with E-state index in [2.05, 4.69) is 16.5 Å². The van der Waals surface area contributed by atoms with Gasteiger partial charge in [0, 0.05) is 37.6 Å². The van der Waals surface area contributed by atoms with E-state index >= 15 is 0 Å². The van der Waals surface area contributed by atoms with Crippen LogP contribution < -0.4 is 15.8 Å². The molecule has 1 amide bonds. The fraction of sp³-hybridized carbons (Fsp3) is 0.576. The van der Waals surface area contributed by atoms with E-state index in [0.29, 0.717) is 61.1 Å². The number of allylic oxidation sites excluding steroid dienone is 2. The number of benzene rings is 1. The summed E-state index contributed by atoms with van der Waals surface area (Å²) >= 11 is 0. The van der Waals surface area contributed by atoms with Crippen LogP contribution >= 0.6 is 0 Å². The first-order chi connectivity index (χ1) is 22.2. The molecule has 1 saturated heterocycles. The zero-order chi connectivity index (χ0) is 34.1. The number of nitrogens with zero attached hydrogens (tertiary/aromatic N) is 6. The molecule has 5 rings (SSSR count). The molecular weight excluding hydrogens is 615 g/mol. The van der Waals surface area contributed by atoms with Gasteiger partial charge in [-0.25, -0.2) is 4.79 Å². The van der Waals surface area contributed by atoms with Gasteiger partial charge in [0.2, 0.25) is 5.78 Å². The third-order valence-electron chi connectivity index (χ3n) is 8.47. The highest BCUT2D eigenvalue weighted by Gasteiger charge is 2.32. The Kier molecular flexibility index (Phi) is 9.90. The highest BCUT2D eigenvalue weighted by atomic mass is 19.4. The Balaban J connectivity index is 1.51. The van der Waals surface area contributed by atoms with Gasteiger partial charge in [-0.2, -0.15) is 22.7 Å². The number of ether oxygens (including phenoxy) is 1. The molecule has 2 N–H and O–H groups in total. The van der Waals surface area contributed by atoms with Crippen molar-refractivity contribution in [3.63, 3.8) is 0 Å². The molecule has 0 saturated carbocycles. The third kappa shape index (κ3) is 7.74. The SMILES string of the molecule is CCc1c(N2CCN(C(=O)OC(C)(C)C)CC2)c(=O)n2nc(C3=CCCCCC3)nc2n1CC(O)Nc1ccc(C(F)(F)F)cc1C. The number of nitrogens with one attached hydrogen (secondary N) is 1. The topological polar surface area (TPSA) is 117 Å². The number of fused-ring (bicyclic) bond motifs is 1. The minimum atomic E-state index is -4.48. The number of rotatable bonds is 7. The lowest BCUT2D eigenvalue weighted by Gasteiger charge is -2.37. The summed E-state index contributed by atoms with van der Waals surface area (Å²) in [6, 6.07) is 3.30. The van der Waals surface area contributed by atoms with Crippen LogP contribution in [0.4, 0.5) is 29.3 Å². The molecular formula is C33H44F3N7O4. The van der Waals surface area contributed by atoms with Crippen molar-refractivity contribution >= 4 is 28.8 Å². The number of carbonyl (C=O) groups is 1. The van der Waals surface area contributed by atoms with Crippen LogP contribution in [0.25, 0.3) is 11.4 Å². The Morgan fingerprint density at radius 1 is 1.11 bits per heavy atom. The number of carbonyl (C=O) groups excluding carboxylic acids is 1. The smallest absolute Gasteiger partial charge is 0.416 e. The van der Waals surface area contributed by atoms with E-state index < -0.39 is 29.7 Å². The normalized spacial score (nSPS) is 17.0. The van der Waals surface area contributed by atoms with Crippen LogP contribution in [0.5, 0.6) is 0 Å². The highest BCUT2D eigenvalue weighted by molar-refractivity contribution is 5.69. The van der Waals surface area contributed by atoms with Gasteiger partial charge in [0.1, 0.15) is 17.5 Å². The maximum atomic E-state index is 14.2. The number of anilines is 2. The van der Waals surface area contributed by atoms with Crippen molar-refractivity contribution in [3.8, 4) is 0 Å². The number of piperazine rings is 1. The molecule has 14 heteroatoms. The van der Waals surface area contributed by atoms with Gasteiger partial charge < -0.3 is 29.5 Å². The van der Waals surface area contributed by atoms with Crippen molar-refractivity contribution in [1.29, 1.82) is 0 Å². The Labute approximate surface area is 272 Å². The zero-order valence-corrected chi connectivity index (χ0v) is 27.7. The number of aromatic nitrogens is 4. The second-order valence-electron chi connectivity index (χ2n) is 13.2. The second kappa shape index (κ2) is 13.6. The summed E-state index contributed by atoms with van der Waals surface area (Å²) in [5, 5.41) is 18.9. The number of hydrogen-bond donors (Lipinski definition) is 2. The van der Waals surface area contributed by atoms with Gasteiger partial charge in [-0.1, -0.05) is 19.4 Å². The molecule has 0 bridgehead atoms. The third-order valence-corrected chi connectivity index (χ3v) is 8.47. The predicted octanol–water partition coefficient (Wildman–Crippen LogP) is 5.62. The van der Waals surface area contributed by atoms with Crippen LogP contribution in [-0.4, -0.2) is 73.3 Å². The Morgan fingerprint density at radius 3 is 2.47 bits per heavy atom. The maximum absolute atomic E-state index is 14.2. The highest BCUT2D eigenvalue weighted by Crippen LogP contribution is 2.32. The summed E-state index contributed by atoms with van der Waals surface area (Å²) in [4.78, 5) is 35.3. The summed E-state index contributed by atoms with van der Waals surface area (Å²) in [6.07, 6.45) is 1.27. The molecule has 3 heterocycles. The molecule has 1 unspecified atom stereocenters. The maximum Gasteiger partial charge on any atom is 0.416 e. The van der Waals surface area contributed by atoms with Crippen LogP contribution in [-0.2, 0) is 23.9 Å². The van der Waals surface area contributed by atoms with Gasteiger partial charge >= 0.3 is 12.3 Å².